The maximum atomic E-state index is 12.2. The van der Waals surface area contributed by atoms with Crippen LogP contribution in [0.3, 0.4) is 0 Å². The molecule has 21 heavy (non-hydrogen) atoms. The molecule has 0 heterocycles. The highest BCUT2D eigenvalue weighted by Crippen LogP contribution is 2.26. The first-order valence-electron chi connectivity index (χ1n) is 6.74. The molecule has 0 spiro atoms. The quantitative estimate of drug-likeness (QED) is 0.459. The van der Waals surface area contributed by atoms with Crippen molar-refractivity contribution in [3.05, 3.63) is 39.4 Å². The van der Waals surface area contributed by atoms with Crippen LogP contribution in [0.25, 0.3) is 6.08 Å². The second-order valence-electron chi connectivity index (χ2n) is 4.49. The van der Waals surface area contributed by atoms with Gasteiger partial charge in [-0.2, -0.15) is 0 Å². The van der Waals surface area contributed by atoms with E-state index in [2.05, 4.69) is 0 Å². The van der Waals surface area contributed by atoms with E-state index in [1.165, 1.54) is 19.3 Å². The van der Waals surface area contributed by atoms with E-state index in [4.69, 9.17) is 4.74 Å². The van der Waals surface area contributed by atoms with Crippen LogP contribution in [-0.4, -0.2) is 35.9 Å². The molecule has 114 valence electrons. The number of carbonyl (C=O) groups excluding carboxylic acids is 1. The molecule has 0 N–H and O–H groups in total. The summed E-state index contributed by atoms with van der Waals surface area (Å²) in [5.74, 6) is 0.289. The normalized spacial score (nSPS) is 11.1. The molecule has 0 bridgehead atoms. The zero-order valence-corrected chi connectivity index (χ0v) is 12.8. The summed E-state index contributed by atoms with van der Waals surface area (Å²) in [5, 5.41) is 11.1. The summed E-state index contributed by atoms with van der Waals surface area (Å²) in [6.45, 7) is 6.65. The van der Waals surface area contributed by atoms with Gasteiger partial charge in [0.1, 0.15) is 5.75 Å². The molecule has 1 aromatic rings. The topological polar surface area (TPSA) is 72.7 Å². The summed E-state index contributed by atoms with van der Waals surface area (Å²) in [6, 6.07) is 4.56. The number of amides is 1. The molecule has 1 amide bonds. The van der Waals surface area contributed by atoms with Crippen LogP contribution in [0.1, 0.15) is 26.3 Å². The Morgan fingerprint density at radius 3 is 2.48 bits per heavy atom. The fourth-order valence-electron chi connectivity index (χ4n) is 1.99. The summed E-state index contributed by atoms with van der Waals surface area (Å²) in [5.41, 5.74) is 0.770. The number of nitro groups is 1. The number of carbonyl (C=O) groups is 1. The van der Waals surface area contributed by atoms with Crippen LogP contribution in [-0.2, 0) is 4.79 Å². The number of hydrogen-bond acceptors (Lipinski definition) is 4. The molecule has 6 heteroatoms. The Kier molecular flexibility index (Phi) is 5.90. The van der Waals surface area contributed by atoms with E-state index < -0.39 is 4.92 Å². The van der Waals surface area contributed by atoms with E-state index in [-0.39, 0.29) is 11.6 Å². The van der Waals surface area contributed by atoms with Crippen molar-refractivity contribution in [1.29, 1.82) is 0 Å². The van der Waals surface area contributed by atoms with Gasteiger partial charge in [0, 0.05) is 18.7 Å². The first-order valence-corrected chi connectivity index (χ1v) is 6.74. The molecule has 1 rings (SSSR count). The van der Waals surface area contributed by atoms with E-state index in [0.29, 0.717) is 30.0 Å². The van der Waals surface area contributed by atoms with Crippen molar-refractivity contribution < 1.29 is 14.5 Å². The predicted octanol–water partition coefficient (Wildman–Crippen LogP) is 2.88. The van der Waals surface area contributed by atoms with Gasteiger partial charge in [0.25, 0.3) is 5.69 Å². The van der Waals surface area contributed by atoms with Gasteiger partial charge < -0.3 is 9.64 Å². The molecule has 0 aliphatic rings. The van der Waals surface area contributed by atoms with Crippen LogP contribution >= 0.6 is 0 Å². The van der Waals surface area contributed by atoms with Crippen molar-refractivity contribution in [1.82, 2.24) is 4.90 Å². The Morgan fingerprint density at radius 2 is 2.00 bits per heavy atom. The van der Waals surface area contributed by atoms with Gasteiger partial charge in [-0.15, -0.1) is 0 Å². The summed E-state index contributed by atoms with van der Waals surface area (Å²) in [4.78, 5) is 24.5. The van der Waals surface area contributed by atoms with Gasteiger partial charge in [-0.1, -0.05) is 0 Å². The molecule has 0 fully saturated rings. The monoisotopic (exact) mass is 292 g/mol. The van der Waals surface area contributed by atoms with Crippen LogP contribution in [0.4, 0.5) is 5.69 Å². The minimum atomic E-state index is -0.483. The molecular weight excluding hydrogens is 272 g/mol. The molecule has 0 aliphatic heterocycles. The number of benzene rings is 1. The average molecular weight is 292 g/mol. The van der Waals surface area contributed by atoms with Crippen molar-refractivity contribution >= 4 is 17.7 Å². The summed E-state index contributed by atoms with van der Waals surface area (Å²) >= 11 is 0. The summed E-state index contributed by atoms with van der Waals surface area (Å²) in [7, 11) is 1.45. The minimum absolute atomic E-state index is 0.0824. The Hall–Kier alpha value is -2.37. The van der Waals surface area contributed by atoms with Gasteiger partial charge in [-0.05, 0) is 39.0 Å². The third-order valence-electron chi connectivity index (χ3n) is 3.19. The maximum absolute atomic E-state index is 12.2. The third-order valence-corrected chi connectivity index (χ3v) is 3.19. The highest BCUT2D eigenvalue weighted by atomic mass is 16.6. The molecule has 0 radical (unpaired) electrons. The molecule has 0 unspecified atom stereocenters. The number of hydrogen-bond donors (Lipinski definition) is 0. The third kappa shape index (κ3) is 4.05. The number of likely N-dealkylation sites (N-methyl/N-ethyl adjacent to an activating group) is 1. The lowest BCUT2D eigenvalue weighted by molar-refractivity contribution is -0.385. The van der Waals surface area contributed by atoms with E-state index >= 15 is 0 Å². The first kappa shape index (κ1) is 16.7. The lowest BCUT2D eigenvalue weighted by Gasteiger charge is -2.18. The lowest BCUT2D eigenvalue weighted by Crippen LogP contribution is -2.30. The second-order valence-corrected chi connectivity index (χ2v) is 4.49. The second kappa shape index (κ2) is 7.42. The van der Waals surface area contributed by atoms with Crippen molar-refractivity contribution in [2.24, 2.45) is 0 Å². The standard InChI is InChI=1S/C15H20N2O4/c1-5-16(6-2)15(18)11(3)9-12-7-8-13(21-4)10-14(12)17(19)20/h7-10H,5-6H2,1-4H3. The predicted molar refractivity (Wildman–Crippen MR) is 81.2 cm³/mol. The molecule has 6 nitrogen and oxygen atoms in total. The van der Waals surface area contributed by atoms with Gasteiger partial charge >= 0.3 is 0 Å². The number of nitro benzene ring substituents is 1. The molecule has 0 saturated heterocycles. The van der Waals surface area contributed by atoms with Gasteiger partial charge in [-0.3, -0.25) is 14.9 Å². The van der Waals surface area contributed by atoms with Gasteiger partial charge in [0.05, 0.1) is 23.7 Å². The minimum Gasteiger partial charge on any atom is -0.497 e. The Morgan fingerprint density at radius 1 is 1.38 bits per heavy atom. The van der Waals surface area contributed by atoms with Crippen molar-refractivity contribution in [3.8, 4) is 5.75 Å². The number of methoxy groups -OCH3 is 1. The van der Waals surface area contributed by atoms with Crippen LogP contribution < -0.4 is 4.74 Å². The Balaban J connectivity index is 3.19. The molecule has 0 aromatic heterocycles. The largest absolute Gasteiger partial charge is 0.497 e. The highest BCUT2D eigenvalue weighted by Gasteiger charge is 2.16. The Bertz CT molecular complexity index is 563. The van der Waals surface area contributed by atoms with Crippen molar-refractivity contribution in [3.63, 3.8) is 0 Å². The van der Waals surface area contributed by atoms with E-state index in [1.807, 2.05) is 13.8 Å². The van der Waals surface area contributed by atoms with Gasteiger partial charge in [0.2, 0.25) is 5.91 Å². The smallest absolute Gasteiger partial charge is 0.280 e. The SMILES string of the molecule is CCN(CC)C(=O)C(C)=Cc1ccc(OC)cc1[N+](=O)[O-]. The van der Waals surface area contributed by atoms with Crippen LogP contribution in [0.15, 0.2) is 23.8 Å². The van der Waals surface area contributed by atoms with Crippen molar-refractivity contribution in [2.45, 2.75) is 20.8 Å². The molecule has 0 atom stereocenters. The molecule has 0 aliphatic carbocycles. The van der Waals surface area contributed by atoms with Crippen LogP contribution in [0.5, 0.6) is 5.75 Å². The van der Waals surface area contributed by atoms with E-state index in [1.54, 1.807) is 24.0 Å². The highest BCUT2D eigenvalue weighted by molar-refractivity contribution is 5.97. The van der Waals surface area contributed by atoms with E-state index in [9.17, 15) is 14.9 Å². The van der Waals surface area contributed by atoms with E-state index in [0.717, 1.165) is 0 Å². The average Bonchev–Trinajstić information content (AvgIpc) is 2.48. The summed E-state index contributed by atoms with van der Waals surface area (Å²) in [6.07, 6.45) is 1.54. The van der Waals surface area contributed by atoms with Crippen LogP contribution in [0.2, 0.25) is 0 Å². The van der Waals surface area contributed by atoms with Gasteiger partial charge in [-0.25, -0.2) is 0 Å². The number of ether oxygens (including phenoxy) is 1. The first-order chi connectivity index (χ1) is 9.94. The van der Waals surface area contributed by atoms with Gasteiger partial charge in [0.15, 0.2) is 0 Å². The van der Waals surface area contributed by atoms with Crippen molar-refractivity contribution in [2.75, 3.05) is 20.2 Å². The van der Waals surface area contributed by atoms with Crippen LogP contribution in [0, 0.1) is 10.1 Å². The zero-order chi connectivity index (χ0) is 16.0. The molecule has 0 saturated carbocycles. The molecule has 1 aromatic carbocycles. The maximum Gasteiger partial charge on any atom is 0.280 e. The Labute approximate surface area is 124 Å². The fraction of sp³-hybridized carbons (Fsp3) is 0.400. The zero-order valence-electron chi connectivity index (χ0n) is 12.8. The molecular formula is C15H20N2O4. The summed E-state index contributed by atoms with van der Waals surface area (Å²) < 4.78 is 4.99. The number of nitrogens with zero attached hydrogens (tertiary/aromatic N) is 2. The number of rotatable bonds is 6. The lowest BCUT2D eigenvalue weighted by atomic mass is 10.1. The fourth-order valence-corrected chi connectivity index (χ4v) is 1.99.